The van der Waals surface area contributed by atoms with Crippen LogP contribution in [-0.4, -0.2) is 215 Å². The maximum atomic E-state index is 11.9. The number of rotatable bonds is 36. The summed E-state index contributed by atoms with van der Waals surface area (Å²) in [6.45, 7) is 15.7. The minimum Gasteiger partial charge on any atom is -0.495 e. The van der Waals surface area contributed by atoms with Crippen molar-refractivity contribution in [2.45, 2.75) is 74.0 Å². The first-order valence-electron chi connectivity index (χ1n) is 43.3. The number of benzene rings is 4. The normalized spacial score (nSPS) is 16.7. The number of hydrogen-bond donors (Lipinski definition) is 12. The van der Waals surface area contributed by atoms with Crippen molar-refractivity contribution >= 4 is 186 Å². The van der Waals surface area contributed by atoms with Gasteiger partial charge in [0.1, 0.15) is 158 Å². The highest BCUT2D eigenvalue weighted by molar-refractivity contribution is 6.43. The quantitative estimate of drug-likeness (QED) is 0.0162. The Morgan fingerprint density at radius 1 is 0.303 bits per heavy atom. The molecule has 12 N–H and O–H groups in total. The number of nitrogens with one attached hydrogen (secondary N) is 12. The fraction of sp³-hybridized carbons (Fsp3) is 0.250. The zero-order chi connectivity index (χ0) is 101. The molecule has 2 unspecified atom stereocenters. The lowest BCUT2D eigenvalue weighted by molar-refractivity contribution is -0.118. The first-order valence-corrected chi connectivity index (χ1v) is 46.3. The summed E-state index contributed by atoms with van der Waals surface area (Å²) >= 11 is 52.2. The molecule has 16 rings (SSSR count). The first-order chi connectivity index (χ1) is 68.8. The molecular formula is C96H96Cl8N24O14. The van der Waals surface area contributed by atoms with Crippen LogP contribution in [0, 0.1) is 0 Å². The van der Waals surface area contributed by atoms with Crippen LogP contribution in [0.25, 0.3) is 45.0 Å². The van der Waals surface area contributed by atoms with Crippen molar-refractivity contribution in [1.82, 2.24) is 81.1 Å². The molecule has 8 aromatic heterocycles. The van der Waals surface area contributed by atoms with Gasteiger partial charge in [-0.15, -0.1) is 0 Å². The topological polar surface area (TPSA) is 460 Å². The largest absolute Gasteiger partial charge is 0.495 e. The highest BCUT2D eigenvalue weighted by Crippen LogP contribution is 2.51. The standard InChI is InChI=1S/C25H26Cl2N6O4.C24H24Cl2N6O4.C24H24Cl2N6O3.C23H22Cl2N6O3/c1-4-21(34)32-15-7-9-37-12-17(15)31-20-10-16(29-13-30-20)14-6-5-8-28-25(14)33-24-22(26)18(35-2)11-19(36-3)23(24)27;1-4-20(33)31-16-11-36-10-15(16)30-19-8-14(28-12-29-19)13-6-5-7-27-24(13)32-23-21(25)17(34-2)9-18(35-3)22(23)26;1-4-20(33)31-15-8-7-14(15)30-19-10-16(28-12-29-19)13-6-5-9-27-24(13)32-23-21(25)17(34-2)11-18(35-3)22(23)26;1-4-19(32)30-15-8-14(15)29-18-9-13(27-11-28-18)12-6-5-7-26-23(12)31-22-20(24)16(33-2)10-17(34-3)21(22)25/h4-6,8,10-11,13,15,17H,1,7,9,12H2,2-3H3,(H,28,33)(H,32,34)(H,29,30,31);4-9,12,15-16H,1,10-11H2,2-3H3,(H,27,32)(H,31,33)(H,28,29,30);4-6,9-12,14-15H,1,7-8H2,2-3H3,(H,27,32)(H,31,33)(H,28,29,30);4-7,9-11,14-15H,1,8H2,2-3H3,(H,26,31)(H,30,32)(H,27,28,29)/t15-,17+;15-,16+;14-,15+;/m011./s1. The summed E-state index contributed by atoms with van der Waals surface area (Å²) in [5, 5.41) is 40.0. The van der Waals surface area contributed by atoms with Crippen LogP contribution in [0.5, 0.6) is 46.0 Å². The van der Waals surface area contributed by atoms with E-state index >= 15 is 0 Å². The Hall–Kier alpha value is -14.3. The molecule has 38 nitrogen and oxygen atoms in total. The Kier molecular flexibility index (Phi) is 37.1. The van der Waals surface area contributed by atoms with Crippen molar-refractivity contribution in [2.24, 2.45) is 0 Å². The minimum absolute atomic E-state index is 0.0156. The van der Waals surface area contributed by atoms with Crippen molar-refractivity contribution in [3.8, 4) is 91.0 Å². The van der Waals surface area contributed by atoms with E-state index in [1.54, 1.807) is 85.5 Å². The predicted octanol–water partition coefficient (Wildman–Crippen LogP) is 17.9. The van der Waals surface area contributed by atoms with Crippen LogP contribution in [0.1, 0.15) is 25.7 Å². The molecule has 4 aliphatic rings. The number of nitrogens with zero attached hydrogens (tertiary/aromatic N) is 12. The molecule has 4 fully saturated rings. The van der Waals surface area contributed by atoms with Gasteiger partial charge in [-0.2, -0.15) is 0 Å². The molecule has 8 atom stereocenters. The number of aromatic nitrogens is 12. The lowest BCUT2D eigenvalue weighted by atomic mass is 9.86. The third-order valence-corrected chi connectivity index (χ3v) is 25.2. The fourth-order valence-corrected chi connectivity index (χ4v) is 17.0. The summed E-state index contributed by atoms with van der Waals surface area (Å²) in [4.78, 5) is 99.6. The van der Waals surface area contributed by atoms with Gasteiger partial charge in [-0.25, -0.2) is 59.8 Å². The van der Waals surface area contributed by atoms with Crippen LogP contribution in [0.2, 0.25) is 40.2 Å². The van der Waals surface area contributed by atoms with E-state index in [1.807, 2.05) is 36.4 Å². The zero-order valence-corrected chi connectivity index (χ0v) is 83.4. The number of carbonyl (C=O) groups is 4. The van der Waals surface area contributed by atoms with E-state index in [-0.39, 0.29) is 112 Å². The number of pyridine rings is 4. The molecule has 10 heterocycles. The van der Waals surface area contributed by atoms with Gasteiger partial charge in [-0.3, -0.25) is 19.2 Å². The summed E-state index contributed by atoms with van der Waals surface area (Å²) < 4.78 is 54.0. The molecule has 0 bridgehead atoms. The van der Waals surface area contributed by atoms with Crippen molar-refractivity contribution in [2.75, 3.05) is 126 Å². The van der Waals surface area contributed by atoms with E-state index in [0.717, 1.165) is 19.3 Å². The second kappa shape index (κ2) is 50.2. The van der Waals surface area contributed by atoms with Crippen LogP contribution >= 0.6 is 92.8 Å². The average molecular weight is 2090 g/mol. The second-order valence-corrected chi connectivity index (χ2v) is 33.9. The molecule has 2 aliphatic heterocycles. The molecule has 740 valence electrons. The Balaban J connectivity index is 0.000000159. The maximum Gasteiger partial charge on any atom is 0.243 e. The third kappa shape index (κ3) is 26.1. The molecule has 2 saturated heterocycles. The Bertz CT molecular complexity index is 6500. The number of carbonyl (C=O) groups excluding carboxylic acids is 4. The summed E-state index contributed by atoms with van der Waals surface area (Å²) in [7, 11) is 12.0. The highest BCUT2D eigenvalue weighted by atomic mass is 35.5. The molecule has 142 heavy (non-hydrogen) atoms. The molecule has 0 spiro atoms. The number of amides is 4. The van der Waals surface area contributed by atoms with Gasteiger partial charge in [-0.1, -0.05) is 119 Å². The van der Waals surface area contributed by atoms with Gasteiger partial charge >= 0.3 is 0 Å². The lowest BCUT2D eigenvalue weighted by Gasteiger charge is -2.37. The van der Waals surface area contributed by atoms with Gasteiger partial charge in [0, 0.05) is 120 Å². The number of methoxy groups -OCH3 is 8. The van der Waals surface area contributed by atoms with Crippen molar-refractivity contribution in [1.29, 1.82) is 0 Å². The molecular weight excluding hydrogens is 2000 g/mol. The third-order valence-electron chi connectivity index (χ3n) is 22.2. The van der Waals surface area contributed by atoms with Crippen LogP contribution in [0.4, 0.5) is 69.3 Å². The van der Waals surface area contributed by atoms with E-state index in [4.69, 9.17) is 140 Å². The second-order valence-electron chi connectivity index (χ2n) is 30.9. The van der Waals surface area contributed by atoms with Crippen molar-refractivity contribution in [3.05, 3.63) is 238 Å². The molecule has 2 aliphatic carbocycles. The summed E-state index contributed by atoms with van der Waals surface area (Å²) in [5.41, 5.74) is 6.76. The minimum atomic E-state index is -0.266. The van der Waals surface area contributed by atoms with E-state index in [1.165, 1.54) is 106 Å². The Morgan fingerprint density at radius 2 is 0.549 bits per heavy atom. The number of ether oxygens (including phenoxy) is 10. The Morgan fingerprint density at radius 3 is 0.831 bits per heavy atom. The van der Waals surface area contributed by atoms with E-state index in [9.17, 15) is 19.2 Å². The van der Waals surface area contributed by atoms with Gasteiger partial charge in [0.25, 0.3) is 0 Å². The molecule has 4 amide bonds. The molecule has 0 radical (unpaired) electrons. The monoisotopic (exact) mass is 2090 g/mol. The number of hydrogen-bond acceptors (Lipinski definition) is 34. The fourth-order valence-electron chi connectivity index (χ4n) is 14.6. The summed E-state index contributed by atoms with van der Waals surface area (Å²) in [6, 6.07) is 27.7. The maximum absolute atomic E-state index is 11.9. The number of halogens is 8. The number of anilines is 12. The van der Waals surface area contributed by atoms with Crippen LogP contribution in [0.15, 0.2) is 198 Å². The van der Waals surface area contributed by atoms with Crippen molar-refractivity contribution in [3.63, 3.8) is 0 Å². The van der Waals surface area contributed by atoms with Gasteiger partial charge < -0.3 is 111 Å². The van der Waals surface area contributed by atoms with Gasteiger partial charge in [0.05, 0.1) is 152 Å². The van der Waals surface area contributed by atoms with Crippen LogP contribution in [-0.2, 0) is 28.7 Å². The molecule has 46 heteroatoms. The average Bonchev–Trinajstić information content (AvgIpc) is 0.977. The van der Waals surface area contributed by atoms with Crippen LogP contribution < -0.4 is 102 Å². The summed E-state index contributed by atoms with van der Waals surface area (Å²) in [6.07, 6.45) is 20.6. The Labute approximate surface area is 856 Å². The smallest absolute Gasteiger partial charge is 0.243 e. The first kappa shape index (κ1) is 105. The van der Waals surface area contributed by atoms with E-state index < -0.39 is 0 Å². The van der Waals surface area contributed by atoms with Gasteiger partial charge in [0.2, 0.25) is 23.6 Å². The molecule has 2 saturated carbocycles. The molecule has 12 aromatic rings. The zero-order valence-electron chi connectivity index (χ0n) is 77.4. The lowest BCUT2D eigenvalue weighted by Crippen LogP contribution is -2.53. The molecule has 4 aromatic carbocycles. The SMILES string of the molecule is C=CC(=O)NC1CC1Nc1cc(-c2cccnc2Nc2c(Cl)c(OC)cc(OC)c2Cl)ncn1.C=CC(=O)N[C@H]1CCOC[C@H]1Nc1cc(-c2cccnc2Nc2c(Cl)c(OC)cc(OC)c2Cl)ncn1.C=CC(=O)N[C@H]1CC[C@H]1Nc1cc(-c2cccnc2Nc2c(Cl)c(OC)cc(OC)c2Cl)ncn1.C=CC(=O)N[C@H]1COC[C@H]1Nc1cc(-c2cccnc2Nc2c(Cl)c(OC)cc(OC)c2Cl)ncn1. The summed E-state index contributed by atoms with van der Waals surface area (Å²) in [5.74, 6) is 6.55. The van der Waals surface area contributed by atoms with Crippen molar-refractivity contribution < 1.29 is 66.5 Å². The van der Waals surface area contributed by atoms with Crippen LogP contribution in [0.3, 0.4) is 0 Å². The van der Waals surface area contributed by atoms with Gasteiger partial charge in [-0.05, 0) is 98.5 Å². The van der Waals surface area contributed by atoms with E-state index in [2.05, 4.69) is 150 Å². The highest BCUT2D eigenvalue weighted by Gasteiger charge is 2.39. The predicted molar refractivity (Wildman–Crippen MR) is 551 cm³/mol. The van der Waals surface area contributed by atoms with Gasteiger partial charge in [0.15, 0.2) is 0 Å². The van der Waals surface area contributed by atoms with E-state index in [0.29, 0.717) is 193 Å².